The van der Waals surface area contributed by atoms with E-state index in [0.717, 1.165) is 12.1 Å². The summed E-state index contributed by atoms with van der Waals surface area (Å²) in [7, 11) is 0. The van der Waals surface area contributed by atoms with Gasteiger partial charge in [-0.15, -0.1) is 11.8 Å². The van der Waals surface area contributed by atoms with E-state index < -0.39 is 5.66 Å². The zero-order valence-corrected chi connectivity index (χ0v) is 17.2. The molecule has 0 saturated carbocycles. The zero-order valence-electron chi connectivity index (χ0n) is 16.4. The number of nitrogens with one attached hydrogen (secondary N) is 1. The second-order valence-corrected chi connectivity index (χ2v) is 8.85. The van der Waals surface area contributed by atoms with E-state index in [0.29, 0.717) is 6.42 Å². The summed E-state index contributed by atoms with van der Waals surface area (Å²) < 4.78 is 0. The zero-order chi connectivity index (χ0) is 19.2. The summed E-state index contributed by atoms with van der Waals surface area (Å²) in [5, 5.41) is 3.34. The van der Waals surface area contributed by atoms with Crippen molar-refractivity contribution in [3.63, 3.8) is 0 Å². The first-order valence-corrected chi connectivity index (χ1v) is 10.6. The largest absolute Gasteiger partial charge is 0.344 e. The van der Waals surface area contributed by atoms with Gasteiger partial charge >= 0.3 is 0 Å². The molecule has 2 aromatic rings. The molecule has 2 heterocycles. The maximum Gasteiger partial charge on any atom is 0.223 e. The molecule has 4 heteroatoms. The summed E-state index contributed by atoms with van der Waals surface area (Å²) in [6.07, 6.45) is 6.94. The Morgan fingerprint density at radius 2 is 1.89 bits per heavy atom. The van der Waals surface area contributed by atoms with Gasteiger partial charge < -0.3 is 10.2 Å². The number of hydrogen-bond donors (Lipinski definition) is 1. The molecule has 2 aliphatic heterocycles. The minimum atomic E-state index is -0.545. The molecule has 1 amide bonds. The SMILES string of the molecule is CSc1ccc(/C=C/[C@]23NC(=O)CCN2c2ccc(C)cc2C3(C)C)cc1. The Balaban J connectivity index is 1.81. The van der Waals surface area contributed by atoms with Gasteiger partial charge in [0.1, 0.15) is 5.66 Å². The van der Waals surface area contributed by atoms with Gasteiger partial charge in [0.25, 0.3) is 0 Å². The van der Waals surface area contributed by atoms with Gasteiger partial charge in [-0.1, -0.05) is 49.8 Å². The molecule has 0 radical (unpaired) electrons. The van der Waals surface area contributed by atoms with E-state index in [9.17, 15) is 4.79 Å². The van der Waals surface area contributed by atoms with Crippen molar-refractivity contribution in [2.45, 2.75) is 43.2 Å². The van der Waals surface area contributed by atoms with Crippen LogP contribution in [0.3, 0.4) is 0 Å². The first-order valence-electron chi connectivity index (χ1n) is 9.40. The number of amides is 1. The summed E-state index contributed by atoms with van der Waals surface area (Å²) in [6.45, 7) is 7.33. The fraction of sp³-hybridized carbons (Fsp3) is 0.348. The van der Waals surface area contributed by atoms with Crippen LogP contribution in [0.25, 0.3) is 6.08 Å². The van der Waals surface area contributed by atoms with E-state index in [1.807, 2.05) is 0 Å². The molecule has 0 spiro atoms. The highest BCUT2D eigenvalue weighted by Gasteiger charge is 2.57. The van der Waals surface area contributed by atoms with Crippen LogP contribution in [0.4, 0.5) is 5.69 Å². The van der Waals surface area contributed by atoms with Crippen LogP contribution in [0.1, 0.15) is 37.0 Å². The number of aryl methyl sites for hydroxylation is 1. The fourth-order valence-electron chi connectivity index (χ4n) is 4.40. The topological polar surface area (TPSA) is 32.3 Å². The molecule has 1 fully saturated rings. The van der Waals surface area contributed by atoms with Crippen LogP contribution in [0, 0.1) is 6.92 Å². The normalized spacial score (nSPS) is 23.3. The van der Waals surface area contributed by atoms with Gasteiger partial charge in [0, 0.05) is 29.0 Å². The Bertz CT molecular complexity index is 916. The lowest BCUT2D eigenvalue weighted by molar-refractivity contribution is -0.124. The van der Waals surface area contributed by atoms with E-state index in [2.05, 4.69) is 91.9 Å². The predicted molar refractivity (Wildman–Crippen MR) is 114 cm³/mol. The highest BCUT2D eigenvalue weighted by molar-refractivity contribution is 7.98. The molecule has 1 saturated heterocycles. The maximum absolute atomic E-state index is 12.4. The minimum Gasteiger partial charge on any atom is -0.344 e. The highest BCUT2D eigenvalue weighted by Crippen LogP contribution is 2.52. The van der Waals surface area contributed by atoms with Crippen molar-refractivity contribution in [3.8, 4) is 0 Å². The maximum atomic E-state index is 12.4. The van der Waals surface area contributed by atoms with Gasteiger partial charge in [-0.05, 0) is 48.6 Å². The third kappa shape index (κ3) is 2.78. The fourth-order valence-corrected chi connectivity index (χ4v) is 4.81. The standard InChI is InChI=1S/C23H26N2OS/c1-16-5-10-20-19(15-16)22(2,3)23(24-21(26)12-14-25(20)23)13-11-17-6-8-18(27-4)9-7-17/h5-11,13,15H,12,14H2,1-4H3,(H,24,26)/b13-11+/t23-/m0/s1. The number of hydrogen-bond acceptors (Lipinski definition) is 3. The van der Waals surface area contributed by atoms with E-state index in [4.69, 9.17) is 0 Å². The van der Waals surface area contributed by atoms with Gasteiger partial charge in [-0.25, -0.2) is 0 Å². The molecule has 0 unspecified atom stereocenters. The van der Waals surface area contributed by atoms with E-state index in [1.165, 1.54) is 21.7 Å². The number of fused-ring (bicyclic) bond motifs is 3. The first-order chi connectivity index (χ1) is 12.9. The molecular weight excluding hydrogens is 352 g/mol. The average Bonchev–Trinajstić information content (AvgIpc) is 2.84. The molecule has 140 valence electrons. The lowest BCUT2D eigenvalue weighted by Gasteiger charge is -2.49. The van der Waals surface area contributed by atoms with Crippen LogP contribution in [-0.2, 0) is 10.2 Å². The smallest absolute Gasteiger partial charge is 0.223 e. The van der Waals surface area contributed by atoms with Crippen molar-refractivity contribution < 1.29 is 4.79 Å². The van der Waals surface area contributed by atoms with Gasteiger partial charge in [0.15, 0.2) is 0 Å². The molecule has 27 heavy (non-hydrogen) atoms. The molecule has 3 nitrogen and oxygen atoms in total. The van der Waals surface area contributed by atoms with Crippen molar-refractivity contribution in [3.05, 3.63) is 65.2 Å². The predicted octanol–water partition coefficient (Wildman–Crippen LogP) is 4.74. The summed E-state index contributed by atoms with van der Waals surface area (Å²) in [5.41, 5.74) is 4.14. The summed E-state index contributed by atoms with van der Waals surface area (Å²) >= 11 is 1.74. The molecule has 2 aromatic carbocycles. The van der Waals surface area contributed by atoms with E-state index in [1.54, 1.807) is 11.8 Å². The Morgan fingerprint density at radius 1 is 1.15 bits per heavy atom. The highest BCUT2D eigenvalue weighted by atomic mass is 32.2. The first kappa shape index (κ1) is 18.2. The number of anilines is 1. The summed E-state index contributed by atoms with van der Waals surface area (Å²) in [4.78, 5) is 16.1. The molecule has 4 rings (SSSR count). The Labute approximate surface area is 165 Å². The third-order valence-electron chi connectivity index (χ3n) is 6.02. The number of rotatable bonds is 3. The van der Waals surface area contributed by atoms with Gasteiger partial charge in [-0.2, -0.15) is 0 Å². The van der Waals surface area contributed by atoms with Crippen molar-refractivity contribution in [1.29, 1.82) is 0 Å². The van der Waals surface area contributed by atoms with Gasteiger partial charge in [-0.3, -0.25) is 4.79 Å². The van der Waals surface area contributed by atoms with Crippen molar-refractivity contribution in [2.75, 3.05) is 17.7 Å². The number of thioether (sulfide) groups is 1. The van der Waals surface area contributed by atoms with Crippen LogP contribution in [0.5, 0.6) is 0 Å². The van der Waals surface area contributed by atoms with E-state index in [-0.39, 0.29) is 11.3 Å². The molecule has 1 atom stereocenters. The molecular formula is C23H26N2OS. The van der Waals surface area contributed by atoms with Crippen molar-refractivity contribution in [2.24, 2.45) is 0 Å². The van der Waals surface area contributed by atoms with Crippen LogP contribution >= 0.6 is 11.8 Å². The Kier molecular flexibility index (Phi) is 4.34. The monoisotopic (exact) mass is 378 g/mol. The second-order valence-electron chi connectivity index (χ2n) is 7.97. The van der Waals surface area contributed by atoms with Crippen LogP contribution in [-0.4, -0.2) is 24.4 Å². The summed E-state index contributed by atoms with van der Waals surface area (Å²) in [5.74, 6) is 0.117. The van der Waals surface area contributed by atoms with E-state index >= 15 is 0 Å². The lowest BCUT2D eigenvalue weighted by atomic mass is 9.74. The number of benzene rings is 2. The molecule has 2 aliphatic rings. The lowest BCUT2D eigenvalue weighted by Crippen LogP contribution is -2.68. The Morgan fingerprint density at radius 3 is 2.59 bits per heavy atom. The number of carbonyl (C=O) groups is 1. The number of nitrogens with zero attached hydrogens (tertiary/aromatic N) is 1. The third-order valence-corrected chi connectivity index (χ3v) is 6.76. The Hall–Kier alpha value is -2.20. The van der Waals surface area contributed by atoms with Crippen LogP contribution < -0.4 is 10.2 Å². The molecule has 1 N–H and O–H groups in total. The van der Waals surface area contributed by atoms with Gasteiger partial charge in [0.2, 0.25) is 5.91 Å². The minimum absolute atomic E-state index is 0.117. The van der Waals surface area contributed by atoms with Crippen molar-refractivity contribution >= 4 is 29.4 Å². The molecule has 0 aromatic heterocycles. The van der Waals surface area contributed by atoms with Crippen LogP contribution in [0.15, 0.2) is 53.4 Å². The quantitative estimate of drug-likeness (QED) is 0.783. The van der Waals surface area contributed by atoms with Crippen LogP contribution in [0.2, 0.25) is 0 Å². The van der Waals surface area contributed by atoms with Gasteiger partial charge in [0.05, 0.1) is 0 Å². The molecule has 0 aliphatic carbocycles. The number of carbonyl (C=O) groups excluding carboxylic acids is 1. The summed E-state index contributed by atoms with van der Waals surface area (Å²) in [6, 6.07) is 15.2. The molecule has 0 bridgehead atoms. The average molecular weight is 379 g/mol. The second kappa shape index (κ2) is 6.45. The van der Waals surface area contributed by atoms with Crippen molar-refractivity contribution in [1.82, 2.24) is 5.32 Å².